The van der Waals surface area contributed by atoms with Crippen LogP contribution in [0.1, 0.15) is 47.1 Å². The molecule has 0 spiro atoms. The number of carbonyl (C=O) groups is 1. The molecule has 1 amide bonds. The quantitative estimate of drug-likeness (QED) is 0.823. The molecule has 0 unspecified atom stereocenters. The van der Waals surface area contributed by atoms with Crippen LogP contribution in [0.25, 0.3) is 0 Å². The van der Waals surface area contributed by atoms with E-state index in [9.17, 15) is 18.0 Å². The van der Waals surface area contributed by atoms with Crippen molar-refractivity contribution in [1.29, 1.82) is 0 Å². The summed E-state index contributed by atoms with van der Waals surface area (Å²) in [5.74, 6) is -0.413. The van der Waals surface area contributed by atoms with Gasteiger partial charge in [-0.2, -0.15) is 13.2 Å². The summed E-state index contributed by atoms with van der Waals surface area (Å²) in [4.78, 5) is 11.8. The molecule has 1 fully saturated rings. The number of rotatable bonds is 1. The van der Waals surface area contributed by atoms with Gasteiger partial charge in [0.1, 0.15) is 0 Å². The van der Waals surface area contributed by atoms with Crippen molar-refractivity contribution in [3.8, 4) is 0 Å². The third-order valence-corrected chi connectivity index (χ3v) is 5.14. The molecule has 1 aliphatic carbocycles. The van der Waals surface area contributed by atoms with Gasteiger partial charge in [-0.15, -0.1) is 0 Å². The first-order valence-electron chi connectivity index (χ1n) is 8.01. The highest BCUT2D eigenvalue weighted by atomic mass is 19.4. The number of benzene rings is 2. The SMILES string of the molecule is O=C1CC[C@H]2[C@@H](c3ccccc3C(F)(F)F)c3ccccc3[C@H]2N1. The van der Waals surface area contributed by atoms with Crippen LogP contribution in [0, 0.1) is 5.92 Å². The van der Waals surface area contributed by atoms with Crippen molar-refractivity contribution >= 4 is 5.91 Å². The van der Waals surface area contributed by atoms with Crippen molar-refractivity contribution in [2.24, 2.45) is 5.92 Å². The van der Waals surface area contributed by atoms with Crippen LogP contribution >= 0.6 is 0 Å². The first-order valence-corrected chi connectivity index (χ1v) is 8.01. The zero-order valence-corrected chi connectivity index (χ0v) is 12.8. The number of fused-ring (bicyclic) bond motifs is 3. The minimum absolute atomic E-state index is 0.0317. The van der Waals surface area contributed by atoms with Gasteiger partial charge in [-0.25, -0.2) is 0 Å². The summed E-state index contributed by atoms with van der Waals surface area (Å²) in [7, 11) is 0. The van der Waals surface area contributed by atoms with E-state index in [1.54, 1.807) is 12.1 Å². The van der Waals surface area contributed by atoms with E-state index < -0.39 is 11.7 Å². The number of hydrogen-bond donors (Lipinski definition) is 1. The maximum Gasteiger partial charge on any atom is 0.416 e. The monoisotopic (exact) mass is 331 g/mol. The van der Waals surface area contributed by atoms with Gasteiger partial charge in [0.2, 0.25) is 5.91 Å². The summed E-state index contributed by atoms with van der Waals surface area (Å²) in [6.07, 6.45) is -3.43. The molecule has 1 saturated heterocycles. The third kappa shape index (κ3) is 2.30. The van der Waals surface area contributed by atoms with Gasteiger partial charge in [-0.1, -0.05) is 42.5 Å². The normalized spacial score (nSPS) is 25.8. The number of piperidine rings is 1. The highest BCUT2D eigenvalue weighted by molar-refractivity contribution is 5.78. The van der Waals surface area contributed by atoms with Crippen molar-refractivity contribution in [3.05, 3.63) is 70.8 Å². The molecule has 24 heavy (non-hydrogen) atoms. The zero-order valence-electron chi connectivity index (χ0n) is 12.8. The van der Waals surface area contributed by atoms with E-state index >= 15 is 0 Å². The minimum atomic E-state index is -4.39. The van der Waals surface area contributed by atoms with Gasteiger partial charge < -0.3 is 5.32 Å². The van der Waals surface area contributed by atoms with Gasteiger partial charge in [0.15, 0.2) is 0 Å². The Balaban J connectivity index is 1.88. The van der Waals surface area contributed by atoms with E-state index in [1.807, 2.05) is 24.3 Å². The lowest BCUT2D eigenvalue weighted by atomic mass is 9.79. The molecule has 2 aromatic carbocycles. The van der Waals surface area contributed by atoms with Crippen LogP contribution in [0.2, 0.25) is 0 Å². The summed E-state index contributed by atoms with van der Waals surface area (Å²) >= 11 is 0. The number of hydrogen-bond acceptors (Lipinski definition) is 1. The molecule has 0 aromatic heterocycles. The van der Waals surface area contributed by atoms with Gasteiger partial charge >= 0.3 is 6.18 Å². The van der Waals surface area contributed by atoms with Crippen LogP contribution in [-0.4, -0.2) is 5.91 Å². The number of nitrogens with one attached hydrogen (secondary N) is 1. The molecular formula is C19H16F3NO. The standard InChI is InChI=1S/C19H16F3NO/c20-19(21,22)15-8-4-3-7-13(15)17-11-5-1-2-6-12(11)18-14(17)9-10-16(24)23-18/h1-8,14,17-18H,9-10H2,(H,23,24)/t14-,17+,18+/m0/s1. The van der Waals surface area contributed by atoms with Gasteiger partial charge in [-0.05, 0) is 35.1 Å². The highest BCUT2D eigenvalue weighted by Crippen LogP contribution is 2.53. The number of halogens is 3. The Labute approximate surface area is 137 Å². The molecular weight excluding hydrogens is 315 g/mol. The Hall–Kier alpha value is -2.30. The summed E-state index contributed by atoms with van der Waals surface area (Å²) in [6.45, 7) is 0. The second-order valence-corrected chi connectivity index (χ2v) is 6.44. The fourth-order valence-corrected chi connectivity index (χ4v) is 4.22. The Bertz CT molecular complexity index is 799. The topological polar surface area (TPSA) is 29.1 Å². The van der Waals surface area contributed by atoms with Crippen LogP contribution < -0.4 is 5.32 Å². The number of amides is 1. The van der Waals surface area contributed by atoms with Crippen molar-refractivity contribution in [3.63, 3.8) is 0 Å². The molecule has 2 aliphatic rings. The van der Waals surface area contributed by atoms with Crippen LogP contribution in [0.5, 0.6) is 0 Å². The highest BCUT2D eigenvalue weighted by Gasteiger charge is 2.46. The maximum atomic E-state index is 13.5. The van der Waals surface area contributed by atoms with E-state index in [0.29, 0.717) is 18.4 Å². The van der Waals surface area contributed by atoms with E-state index in [0.717, 1.165) is 17.2 Å². The second-order valence-electron chi connectivity index (χ2n) is 6.44. The second kappa shape index (κ2) is 5.36. The van der Waals surface area contributed by atoms with E-state index in [-0.39, 0.29) is 23.8 Å². The van der Waals surface area contributed by atoms with Gasteiger partial charge in [0.25, 0.3) is 0 Å². The molecule has 0 radical (unpaired) electrons. The van der Waals surface area contributed by atoms with E-state index in [1.165, 1.54) is 6.07 Å². The lowest BCUT2D eigenvalue weighted by Crippen LogP contribution is -2.37. The first kappa shape index (κ1) is 15.2. The summed E-state index contributed by atoms with van der Waals surface area (Å²) in [6, 6.07) is 13.1. The molecule has 0 saturated carbocycles. The van der Waals surface area contributed by atoms with Crippen LogP contribution in [-0.2, 0) is 11.0 Å². The predicted octanol–water partition coefficient (Wildman–Crippen LogP) is 4.42. The van der Waals surface area contributed by atoms with E-state index in [4.69, 9.17) is 0 Å². The molecule has 2 aromatic rings. The maximum absolute atomic E-state index is 13.5. The van der Waals surface area contributed by atoms with Crippen LogP contribution in [0.15, 0.2) is 48.5 Å². The van der Waals surface area contributed by atoms with Crippen molar-refractivity contribution in [2.75, 3.05) is 0 Å². The summed E-state index contributed by atoms with van der Waals surface area (Å²) in [5, 5.41) is 2.97. The number of carbonyl (C=O) groups excluding carboxylic acids is 1. The smallest absolute Gasteiger partial charge is 0.349 e. The Kier molecular flexibility index (Phi) is 3.41. The van der Waals surface area contributed by atoms with Gasteiger partial charge in [-0.3, -0.25) is 4.79 Å². The Morgan fingerprint density at radius 1 is 0.917 bits per heavy atom. The molecule has 124 valence electrons. The minimum Gasteiger partial charge on any atom is -0.349 e. The average Bonchev–Trinajstić information content (AvgIpc) is 2.88. The fraction of sp³-hybridized carbons (Fsp3) is 0.316. The Morgan fingerprint density at radius 2 is 1.54 bits per heavy atom. The van der Waals surface area contributed by atoms with E-state index in [2.05, 4.69) is 5.32 Å². The van der Waals surface area contributed by atoms with Crippen molar-refractivity contribution < 1.29 is 18.0 Å². The molecule has 5 heteroatoms. The average molecular weight is 331 g/mol. The summed E-state index contributed by atoms with van der Waals surface area (Å²) < 4.78 is 40.5. The summed E-state index contributed by atoms with van der Waals surface area (Å²) in [5.41, 5.74) is 1.56. The molecule has 1 heterocycles. The van der Waals surface area contributed by atoms with Gasteiger partial charge in [0.05, 0.1) is 11.6 Å². The van der Waals surface area contributed by atoms with Crippen LogP contribution in [0.3, 0.4) is 0 Å². The lowest BCUT2D eigenvalue weighted by molar-refractivity contribution is -0.138. The Morgan fingerprint density at radius 3 is 2.25 bits per heavy atom. The van der Waals surface area contributed by atoms with Gasteiger partial charge in [0, 0.05) is 12.3 Å². The zero-order chi connectivity index (χ0) is 16.9. The molecule has 2 nitrogen and oxygen atoms in total. The largest absolute Gasteiger partial charge is 0.416 e. The molecule has 3 atom stereocenters. The first-order chi connectivity index (χ1) is 11.5. The number of alkyl halides is 3. The fourth-order valence-electron chi connectivity index (χ4n) is 4.22. The molecule has 0 bridgehead atoms. The molecule has 1 N–H and O–H groups in total. The molecule has 1 aliphatic heterocycles. The predicted molar refractivity (Wildman–Crippen MR) is 83.3 cm³/mol. The molecule has 4 rings (SSSR count). The van der Waals surface area contributed by atoms with Crippen molar-refractivity contribution in [2.45, 2.75) is 31.0 Å². The van der Waals surface area contributed by atoms with Crippen LogP contribution in [0.4, 0.5) is 13.2 Å². The lowest BCUT2D eigenvalue weighted by Gasteiger charge is -2.31. The third-order valence-electron chi connectivity index (χ3n) is 5.14. The van der Waals surface area contributed by atoms with Crippen molar-refractivity contribution in [1.82, 2.24) is 5.32 Å².